The fraction of sp³-hybridized carbons (Fsp3) is 0.0741. The highest BCUT2D eigenvalue weighted by molar-refractivity contribution is 7.78. The predicted octanol–water partition coefficient (Wildman–Crippen LogP) is 5.33. The molecule has 0 aliphatic rings. The fourth-order valence-corrected chi connectivity index (χ4v) is 6.89. The van der Waals surface area contributed by atoms with Gasteiger partial charge in [0, 0.05) is 22.5 Å². The van der Waals surface area contributed by atoms with E-state index in [-0.39, 0.29) is 6.16 Å². The molecule has 0 saturated carbocycles. The van der Waals surface area contributed by atoms with E-state index >= 15 is 0 Å². The lowest BCUT2D eigenvalue weighted by atomic mass is 10.1. The number of benzene rings is 4. The van der Waals surface area contributed by atoms with Gasteiger partial charge in [0.15, 0.2) is 0 Å². The van der Waals surface area contributed by atoms with E-state index in [0.29, 0.717) is 5.69 Å². The lowest BCUT2D eigenvalue weighted by Crippen LogP contribution is -2.41. The number of hydrogen-bond donors (Lipinski definition) is 1. The number of nitrogens with zero attached hydrogens (tertiary/aromatic N) is 1. The van der Waals surface area contributed by atoms with E-state index in [1.165, 1.54) is 0 Å². The molecule has 0 aliphatic heterocycles. The monoisotopic (exact) mass is 440 g/mol. The van der Waals surface area contributed by atoms with Gasteiger partial charge in [-0.05, 0) is 17.7 Å². The first kappa shape index (κ1) is 21.6. The molecular formula is C27H25N2O2P. The number of carbonyl (C=O) groups is 1. The second-order valence-corrected chi connectivity index (χ2v) is 10.4. The van der Waals surface area contributed by atoms with Crippen LogP contribution in [0.15, 0.2) is 121 Å². The first-order valence-corrected chi connectivity index (χ1v) is 12.4. The Morgan fingerprint density at radius 1 is 0.688 bits per heavy atom. The third-order valence-corrected chi connectivity index (χ3v) is 8.67. The van der Waals surface area contributed by atoms with Crippen LogP contribution in [0.4, 0.5) is 10.5 Å². The maximum Gasteiger partial charge on any atom is 0.319 e. The van der Waals surface area contributed by atoms with Crippen LogP contribution >= 0.6 is 7.14 Å². The molecule has 4 nitrogen and oxygen atoms in total. The third-order valence-electron chi connectivity index (χ3n) is 5.54. The minimum atomic E-state index is -3.11. The SMILES string of the molecule is NC(=O)N(c1ccccc1)C(CP(=O)(c1ccccc1)c1ccccc1)c1ccccc1. The van der Waals surface area contributed by atoms with Gasteiger partial charge in [-0.1, -0.05) is 109 Å². The van der Waals surface area contributed by atoms with Gasteiger partial charge in [-0.15, -0.1) is 0 Å². The Morgan fingerprint density at radius 2 is 1.09 bits per heavy atom. The van der Waals surface area contributed by atoms with E-state index in [4.69, 9.17) is 5.73 Å². The quantitative estimate of drug-likeness (QED) is 0.395. The van der Waals surface area contributed by atoms with Crippen LogP contribution in [0.2, 0.25) is 0 Å². The zero-order valence-corrected chi connectivity index (χ0v) is 18.5. The molecule has 2 N–H and O–H groups in total. The molecule has 4 rings (SSSR count). The largest absolute Gasteiger partial charge is 0.351 e. The van der Waals surface area contributed by atoms with Crippen LogP contribution in [0.5, 0.6) is 0 Å². The van der Waals surface area contributed by atoms with Crippen molar-refractivity contribution in [2.24, 2.45) is 5.73 Å². The van der Waals surface area contributed by atoms with Gasteiger partial charge in [-0.2, -0.15) is 0 Å². The lowest BCUT2D eigenvalue weighted by molar-refractivity contribution is 0.252. The van der Waals surface area contributed by atoms with E-state index in [1.807, 2.05) is 121 Å². The van der Waals surface area contributed by atoms with Crippen LogP contribution < -0.4 is 21.2 Å². The predicted molar refractivity (Wildman–Crippen MR) is 132 cm³/mol. The van der Waals surface area contributed by atoms with Crippen molar-refractivity contribution in [2.75, 3.05) is 11.1 Å². The Morgan fingerprint density at radius 3 is 1.53 bits per heavy atom. The summed E-state index contributed by atoms with van der Waals surface area (Å²) in [6, 6.07) is 36.8. The van der Waals surface area contributed by atoms with Crippen molar-refractivity contribution >= 4 is 29.5 Å². The van der Waals surface area contributed by atoms with Crippen LogP contribution in [-0.4, -0.2) is 12.2 Å². The number of urea groups is 1. The van der Waals surface area contributed by atoms with Crippen LogP contribution in [0, 0.1) is 0 Å². The van der Waals surface area contributed by atoms with Crippen LogP contribution in [0.1, 0.15) is 11.6 Å². The highest BCUT2D eigenvalue weighted by Gasteiger charge is 2.36. The molecule has 4 aromatic carbocycles. The van der Waals surface area contributed by atoms with Crippen molar-refractivity contribution in [3.8, 4) is 0 Å². The summed E-state index contributed by atoms with van der Waals surface area (Å²) < 4.78 is 14.8. The van der Waals surface area contributed by atoms with Crippen molar-refractivity contribution < 1.29 is 9.36 Å². The number of amides is 2. The Bertz CT molecular complexity index is 1160. The first-order chi connectivity index (χ1) is 15.6. The van der Waals surface area contributed by atoms with Gasteiger partial charge in [0.2, 0.25) is 0 Å². The summed E-state index contributed by atoms with van der Waals surface area (Å²) in [5.74, 6) is 0. The normalized spacial score (nSPS) is 12.1. The summed E-state index contributed by atoms with van der Waals surface area (Å²) in [4.78, 5) is 14.3. The van der Waals surface area contributed by atoms with Crippen molar-refractivity contribution in [2.45, 2.75) is 6.04 Å². The number of carbonyl (C=O) groups excluding carboxylic acids is 1. The topological polar surface area (TPSA) is 63.4 Å². The molecule has 160 valence electrons. The molecule has 1 unspecified atom stereocenters. The van der Waals surface area contributed by atoms with Crippen molar-refractivity contribution in [3.05, 3.63) is 127 Å². The molecule has 2 amide bonds. The molecule has 0 spiro atoms. The smallest absolute Gasteiger partial charge is 0.319 e. The zero-order chi connectivity index (χ0) is 22.4. The molecule has 0 aliphatic carbocycles. The number of hydrogen-bond acceptors (Lipinski definition) is 2. The third kappa shape index (κ3) is 4.51. The number of para-hydroxylation sites is 1. The van der Waals surface area contributed by atoms with Gasteiger partial charge in [-0.25, -0.2) is 4.79 Å². The Labute approximate surface area is 188 Å². The van der Waals surface area contributed by atoms with Gasteiger partial charge >= 0.3 is 6.03 Å². The maximum absolute atomic E-state index is 14.8. The second-order valence-electron chi connectivity index (χ2n) is 7.56. The molecule has 1 atom stereocenters. The molecule has 5 heteroatoms. The average Bonchev–Trinajstić information content (AvgIpc) is 2.85. The summed E-state index contributed by atoms with van der Waals surface area (Å²) in [7, 11) is -3.11. The van der Waals surface area contributed by atoms with E-state index in [9.17, 15) is 9.36 Å². The number of rotatable bonds is 7. The minimum Gasteiger partial charge on any atom is -0.351 e. The fourth-order valence-electron chi connectivity index (χ4n) is 4.00. The number of primary amides is 1. The zero-order valence-electron chi connectivity index (χ0n) is 17.6. The van der Waals surface area contributed by atoms with Crippen LogP contribution in [0.3, 0.4) is 0 Å². The highest BCUT2D eigenvalue weighted by Crippen LogP contribution is 2.48. The van der Waals surface area contributed by atoms with E-state index in [0.717, 1.165) is 16.2 Å². The van der Waals surface area contributed by atoms with Gasteiger partial charge in [0.1, 0.15) is 7.14 Å². The Balaban J connectivity index is 1.89. The second kappa shape index (κ2) is 9.67. The van der Waals surface area contributed by atoms with Gasteiger partial charge in [0.25, 0.3) is 0 Å². The minimum absolute atomic E-state index is 0.225. The number of anilines is 1. The standard InChI is InChI=1S/C27H25N2O2P/c28-27(30)29(23-15-7-2-8-16-23)26(22-13-5-1-6-14-22)21-32(31,24-17-9-3-10-18-24)25-19-11-4-12-20-25/h1-20,26H,21H2,(H2,28,30). The van der Waals surface area contributed by atoms with Crippen molar-refractivity contribution in [3.63, 3.8) is 0 Å². The van der Waals surface area contributed by atoms with Crippen LogP contribution in [-0.2, 0) is 4.57 Å². The summed E-state index contributed by atoms with van der Waals surface area (Å²) in [5.41, 5.74) is 7.45. The summed E-state index contributed by atoms with van der Waals surface area (Å²) >= 11 is 0. The Kier molecular flexibility index (Phi) is 6.53. The molecule has 0 bridgehead atoms. The molecule has 0 aromatic heterocycles. The van der Waals surface area contributed by atoms with Gasteiger partial charge < -0.3 is 10.3 Å². The molecule has 32 heavy (non-hydrogen) atoms. The lowest BCUT2D eigenvalue weighted by Gasteiger charge is -2.34. The molecule has 0 heterocycles. The molecule has 0 saturated heterocycles. The maximum atomic E-state index is 14.8. The summed E-state index contributed by atoms with van der Waals surface area (Å²) in [5, 5.41) is 1.51. The first-order valence-electron chi connectivity index (χ1n) is 10.5. The summed E-state index contributed by atoms with van der Waals surface area (Å²) in [6.45, 7) is 0. The van der Waals surface area contributed by atoms with Crippen molar-refractivity contribution in [1.29, 1.82) is 0 Å². The van der Waals surface area contributed by atoms with Crippen molar-refractivity contribution in [1.82, 2.24) is 0 Å². The molecule has 0 radical (unpaired) electrons. The summed E-state index contributed by atoms with van der Waals surface area (Å²) in [6.07, 6.45) is 0.225. The molecule has 4 aromatic rings. The molecular weight excluding hydrogens is 415 g/mol. The van der Waals surface area contributed by atoms with E-state index < -0.39 is 19.2 Å². The van der Waals surface area contributed by atoms with Crippen LogP contribution in [0.25, 0.3) is 0 Å². The number of nitrogens with two attached hydrogens (primary N) is 1. The van der Waals surface area contributed by atoms with Gasteiger partial charge in [0.05, 0.1) is 6.04 Å². The molecule has 0 fully saturated rings. The van der Waals surface area contributed by atoms with E-state index in [2.05, 4.69) is 0 Å². The van der Waals surface area contributed by atoms with E-state index in [1.54, 1.807) is 4.90 Å². The van der Waals surface area contributed by atoms with Gasteiger partial charge in [-0.3, -0.25) is 4.90 Å². The highest BCUT2D eigenvalue weighted by atomic mass is 31.2. The Hall–Kier alpha value is -3.62. The average molecular weight is 440 g/mol.